The molecule has 5 nitrogen and oxygen atoms in total. The number of nitrogens with one attached hydrogen (secondary N) is 1. The van der Waals surface area contributed by atoms with Gasteiger partial charge in [0.05, 0.1) is 0 Å². The van der Waals surface area contributed by atoms with Gasteiger partial charge in [0.25, 0.3) is 5.91 Å². The van der Waals surface area contributed by atoms with Gasteiger partial charge in [-0.15, -0.1) is 0 Å². The van der Waals surface area contributed by atoms with E-state index in [9.17, 15) is 4.79 Å². The van der Waals surface area contributed by atoms with Gasteiger partial charge in [-0.05, 0) is 30.7 Å². The minimum atomic E-state index is -0.113. The molecule has 102 valence electrons. The van der Waals surface area contributed by atoms with Crippen LogP contribution in [-0.4, -0.2) is 35.0 Å². The molecule has 1 amide bonds. The van der Waals surface area contributed by atoms with Crippen molar-refractivity contribution in [3.63, 3.8) is 0 Å². The van der Waals surface area contributed by atoms with E-state index in [2.05, 4.69) is 20.2 Å². The number of carbonyl (C=O) groups is 1. The van der Waals surface area contributed by atoms with Crippen LogP contribution >= 0.6 is 0 Å². The normalized spacial score (nSPS) is 18.0. The molecule has 0 saturated carbocycles. The third-order valence-corrected chi connectivity index (χ3v) is 3.39. The predicted molar refractivity (Wildman–Crippen MR) is 76.6 cm³/mol. The van der Waals surface area contributed by atoms with Crippen LogP contribution in [0.4, 0.5) is 5.82 Å². The van der Waals surface area contributed by atoms with E-state index in [0.717, 1.165) is 25.3 Å². The highest BCUT2D eigenvalue weighted by Gasteiger charge is 2.25. The number of hydrogen-bond acceptors (Lipinski definition) is 4. The third kappa shape index (κ3) is 2.77. The summed E-state index contributed by atoms with van der Waals surface area (Å²) in [5, 5.41) is 3.02. The van der Waals surface area contributed by atoms with Crippen molar-refractivity contribution in [1.29, 1.82) is 0 Å². The van der Waals surface area contributed by atoms with Crippen LogP contribution in [0.2, 0.25) is 0 Å². The van der Waals surface area contributed by atoms with E-state index in [1.165, 1.54) is 0 Å². The first-order valence-corrected chi connectivity index (χ1v) is 6.71. The van der Waals surface area contributed by atoms with Crippen molar-refractivity contribution in [2.45, 2.75) is 12.5 Å². The van der Waals surface area contributed by atoms with Crippen LogP contribution in [0.25, 0.3) is 0 Å². The molecule has 1 aliphatic heterocycles. The molecule has 5 heteroatoms. The van der Waals surface area contributed by atoms with E-state index in [-0.39, 0.29) is 11.9 Å². The molecule has 0 aromatic carbocycles. The van der Waals surface area contributed by atoms with E-state index in [4.69, 9.17) is 0 Å². The number of pyridine rings is 2. The number of anilines is 1. The van der Waals surface area contributed by atoms with Gasteiger partial charge in [0.2, 0.25) is 0 Å². The van der Waals surface area contributed by atoms with E-state index in [0.29, 0.717) is 5.69 Å². The summed E-state index contributed by atoms with van der Waals surface area (Å²) in [7, 11) is 0. The molecule has 1 N–H and O–H groups in total. The van der Waals surface area contributed by atoms with Crippen LogP contribution < -0.4 is 10.2 Å². The Hall–Kier alpha value is -2.43. The fraction of sp³-hybridized carbons (Fsp3) is 0.267. The van der Waals surface area contributed by atoms with Gasteiger partial charge in [-0.1, -0.05) is 12.1 Å². The maximum absolute atomic E-state index is 12.0. The molecule has 1 atom stereocenters. The second kappa shape index (κ2) is 5.69. The smallest absolute Gasteiger partial charge is 0.270 e. The zero-order valence-corrected chi connectivity index (χ0v) is 11.1. The first-order valence-electron chi connectivity index (χ1n) is 6.71. The Morgan fingerprint density at radius 2 is 1.95 bits per heavy atom. The van der Waals surface area contributed by atoms with Gasteiger partial charge < -0.3 is 10.2 Å². The molecule has 1 unspecified atom stereocenters. The summed E-state index contributed by atoms with van der Waals surface area (Å²) >= 11 is 0. The molecule has 1 saturated heterocycles. The summed E-state index contributed by atoms with van der Waals surface area (Å²) in [5.74, 6) is 0.848. The molecule has 0 spiro atoms. The van der Waals surface area contributed by atoms with Crippen LogP contribution in [0.1, 0.15) is 16.9 Å². The van der Waals surface area contributed by atoms with E-state index < -0.39 is 0 Å². The highest BCUT2D eigenvalue weighted by atomic mass is 16.1. The summed E-state index contributed by atoms with van der Waals surface area (Å²) in [6.45, 7) is 1.69. The van der Waals surface area contributed by atoms with E-state index >= 15 is 0 Å². The van der Waals surface area contributed by atoms with Crippen molar-refractivity contribution in [1.82, 2.24) is 15.3 Å². The third-order valence-electron chi connectivity index (χ3n) is 3.39. The highest BCUT2D eigenvalue weighted by molar-refractivity contribution is 5.92. The topological polar surface area (TPSA) is 58.1 Å². The van der Waals surface area contributed by atoms with Crippen molar-refractivity contribution >= 4 is 11.7 Å². The molecule has 1 fully saturated rings. The summed E-state index contributed by atoms with van der Waals surface area (Å²) in [4.78, 5) is 22.6. The maximum Gasteiger partial charge on any atom is 0.270 e. The van der Waals surface area contributed by atoms with Gasteiger partial charge in [-0.25, -0.2) is 4.98 Å². The van der Waals surface area contributed by atoms with Gasteiger partial charge >= 0.3 is 0 Å². The van der Waals surface area contributed by atoms with Gasteiger partial charge in [0, 0.05) is 31.5 Å². The molecule has 2 aromatic heterocycles. The minimum Gasteiger partial charge on any atom is -0.354 e. The number of carbonyl (C=O) groups excluding carboxylic acids is 1. The zero-order valence-electron chi connectivity index (χ0n) is 11.1. The molecule has 3 rings (SSSR count). The average Bonchev–Trinajstić information content (AvgIpc) is 2.97. The zero-order chi connectivity index (χ0) is 13.8. The summed E-state index contributed by atoms with van der Waals surface area (Å²) in [6, 6.07) is 11.4. The Morgan fingerprint density at radius 1 is 1.15 bits per heavy atom. The van der Waals surface area contributed by atoms with Crippen LogP contribution in [0.3, 0.4) is 0 Å². The lowest BCUT2D eigenvalue weighted by molar-refractivity contribution is 0.0935. The quantitative estimate of drug-likeness (QED) is 0.916. The molecule has 3 heterocycles. The average molecular weight is 268 g/mol. The van der Waals surface area contributed by atoms with Gasteiger partial charge in [0.15, 0.2) is 0 Å². The van der Waals surface area contributed by atoms with Crippen molar-refractivity contribution < 1.29 is 4.79 Å². The fourth-order valence-corrected chi connectivity index (χ4v) is 2.38. The predicted octanol–water partition coefficient (Wildman–Crippen LogP) is 1.49. The lowest BCUT2D eigenvalue weighted by atomic mass is 10.2. The molecule has 2 aromatic rings. The van der Waals surface area contributed by atoms with Crippen LogP contribution in [0.15, 0.2) is 48.8 Å². The molecule has 0 aliphatic carbocycles. The summed E-state index contributed by atoms with van der Waals surface area (Å²) < 4.78 is 0. The van der Waals surface area contributed by atoms with Crippen molar-refractivity contribution in [2.24, 2.45) is 0 Å². The number of rotatable bonds is 3. The van der Waals surface area contributed by atoms with Gasteiger partial charge in [0.1, 0.15) is 11.5 Å². The number of nitrogens with zero attached hydrogens (tertiary/aromatic N) is 3. The fourth-order valence-electron chi connectivity index (χ4n) is 2.38. The van der Waals surface area contributed by atoms with Crippen molar-refractivity contribution in [3.05, 3.63) is 54.5 Å². The van der Waals surface area contributed by atoms with Crippen molar-refractivity contribution in [3.8, 4) is 0 Å². The lowest BCUT2D eigenvalue weighted by Gasteiger charge is -2.17. The van der Waals surface area contributed by atoms with Crippen molar-refractivity contribution in [2.75, 3.05) is 18.0 Å². The second-order valence-electron chi connectivity index (χ2n) is 4.81. The Labute approximate surface area is 117 Å². The van der Waals surface area contributed by atoms with Crippen LogP contribution in [0.5, 0.6) is 0 Å². The lowest BCUT2D eigenvalue weighted by Crippen LogP contribution is -2.37. The van der Waals surface area contributed by atoms with Gasteiger partial charge in [-0.2, -0.15) is 0 Å². The minimum absolute atomic E-state index is 0.113. The highest BCUT2D eigenvalue weighted by Crippen LogP contribution is 2.17. The van der Waals surface area contributed by atoms with Crippen LogP contribution in [-0.2, 0) is 0 Å². The number of aromatic nitrogens is 2. The van der Waals surface area contributed by atoms with E-state index in [1.54, 1.807) is 24.5 Å². The summed E-state index contributed by atoms with van der Waals surface area (Å²) in [5.41, 5.74) is 0.462. The molecule has 20 heavy (non-hydrogen) atoms. The Kier molecular flexibility index (Phi) is 3.58. The first-order chi connectivity index (χ1) is 9.83. The molecule has 0 radical (unpaired) electrons. The Balaban J connectivity index is 1.60. The number of amides is 1. The molecule has 0 bridgehead atoms. The second-order valence-corrected chi connectivity index (χ2v) is 4.81. The van der Waals surface area contributed by atoms with E-state index in [1.807, 2.05) is 24.3 Å². The maximum atomic E-state index is 12.0. The first kappa shape index (κ1) is 12.6. The largest absolute Gasteiger partial charge is 0.354 e. The van der Waals surface area contributed by atoms with Crippen LogP contribution in [0, 0.1) is 0 Å². The number of hydrogen-bond donors (Lipinski definition) is 1. The molecular formula is C15H16N4O. The monoisotopic (exact) mass is 268 g/mol. The molecule has 1 aliphatic rings. The Bertz CT molecular complexity index is 573. The van der Waals surface area contributed by atoms with Gasteiger partial charge in [-0.3, -0.25) is 9.78 Å². The standard InChI is InChI=1S/C15H16N4O/c20-15(13-5-1-3-8-16-13)18-12-7-10-19(11-12)14-6-2-4-9-17-14/h1-6,8-9,12H,7,10-11H2,(H,18,20). The summed E-state index contributed by atoms with van der Waals surface area (Å²) in [6.07, 6.45) is 4.34. The SMILES string of the molecule is O=C(NC1CCN(c2ccccn2)C1)c1ccccn1. The molecular weight excluding hydrogens is 252 g/mol. The Morgan fingerprint density at radius 3 is 2.65 bits per heavy atom.